The summed E-state index contributed by atoms with van der Waals surface area (Å²) in [5.74, 6) is 1.20. The Balaban J connectivity index is 1.92. The Labute approximate surface area is 99.8 Å². The Bertz CT molecular complexity index is 395. The van der Waals surface area contributed by atoms with Crippen LogP contribution in [-0.4, -0.2) is 18.1 Å². The average Bonchev–Trinajstić information content (AvgIpc) is 2.98. The van der Waals surface area contributed by atoms with Gasteiger partial charge in [-0.25, -0.2) is 4.98 Å². The van der Waals surface area contributed by atoms with Gasteiger partial charge in [0, 0.05) is 5.69 Å². The van der Waals surface area contributed by atoms with Crippen LogP contribution < -0.4 is 0 Å². The second-order valence-corrected chi connectivity index (χ2v) is 4.55. The minimum atomic E-state index is 0.506. The van der Waals surface area contributed by atoms with Crippen LogP contribution in [0.3, 0.4) is 0 Å². The van der Waals surface area contributed by atoms with Crippen molar-refractivity contribution in [3.63, 3.8) is 0 Å². The molecule has 1 aliphatic rings. The van der Waals surface area contributed by atoms with Gasteiger partial charge in [-0.2, -0.15) is 0 Å². The van der Waals surface area contributed by atoms with Crippen LogP contribution in [0, 0.1) is 12.8 Å². The van der Waals surface area contributed by atoms with Crippen molar-refractivity contribution in [2.75, 3.05) is 6.61 Å². The third kappa shape index (κ3) is 2.53. The number of aryl methyl sites for hydroxylation is 1. The average molecular weight is 240 g/mol. The summed E-state index contributed by atoms with van der Waals surface area (Å²) in [5.41, 5.74) is 2.29. The molecule has 4 heteroatoms. The van der Waals surface area contributed by atoms with Gasteiger partial charge in [0.25, 0.3) is 6.47 Å². The topological polar surface area (TPSA) is 39.2 Å². The van der Waals surface area contributed by atoms with Gasteiger partial charge in [0.15, 0.2) is 0 Å². The second-order valence-electron chi connectivity index (χ2n) is 4.17. The molecule has 0 saturated heterocycles. The van der Waals surface area contributed by atoms with E-state index in [4.69, 9.17) is 16.3 Å². The van der Waals surface area contributed by atoms with Gasteiger partial charge >= 0.3 is 0 Å². The molecule has 0 N–H and O–H groups in total. The van der Waals surface area contributed by atoms with E-state index in [1.54, 1.807) is 0 Å². The number of ether oxygens (including phenoxy) is 1. The number of halogens is 1. The lowest BCUT2D eigenvalue weighted by atomic mass is 10.1. The monoisotopic (exact) mass is 239 g/mol. The highest BCUT2D eigenvalue weighted by atomic mass is 35.5. The number of aromatic nitrogens is 1. The van der Waals surface area contributed by atoms with Gasteiger partial charge in [-0.05, 0) is 43.2 Å². The second kappa shape index (κ2) is 4.83. The van der Waals surface area contributed by atoms with Gasteiger partial charge in [-0.3, -0.25) is 4.79 Å². The van der Waals surface area contributed by atoms with Crippen molar-refractivity contribution in [1.82, 2.24) is 4.98 Å². The Kier molecular flexibility index (Phi) is 3.44. The van der Waals surface area contributed by atoms with Crippen molar-refractivity contribution in [2.45, 2.75) is 25.7 Å². The number of carbonyl (C=O) groups is 1. The maximum atomic E-state index is 10.0. The highest BCUT2D eigenvalue weighted by Gasteiger charge is 2.38. The highest BCUT2D eigenvalue weighted by Crippen LogP contribution is 2.50. The number of pyridine rings is 1. The van der Waals surface area contributed by atoms with Crippen LogP contribution in [0.15, 0.2) is 12.1 Å². The lowest BCUT2D eigenvalue weighted by Crippen LogP contribution is -1.96. The lowest BCUT2D eigenvalue weighted by molar-refractivity contribution is -0.128. The molecular weight excluding hydrogens is 226 g/mol. The zero-order valence-electron chi connectivity index (χ0n) is 9.15. The standard InChI is InChI=1S/C12H14ClNO2/c1-8-10(2-3-12(13)14-8)11-6-9(11)4-5-16-7-15/h2-3,7,9,11H,4-6H2,1H3. The van der Waals surface area contributed by atoms with E-state index in [0.29, 0.717) is 30.1 Å². The smallest absolute Gasteiger partial charge is 0.293 e. The molecule has 3 nitrogen and oxygen atoms in total. The van der Waals surface area contributed by atoms with Crippen LogP contribution in [0.25, 0.3) is 0 Å². The van der Waals surface area contributed by atoms with Crippen LogP contribution in [0.4, 0.5) is 0 Å². The number of hydrogen-bond donors (Lipinski definition) is 0. The first-order valence-electron chi connectivity index (χ1n) is 5.40. The summed E-state index contributed by atoms with van der Waals surface area (Å²) in [5, 5.41) is 0.544. The van der Waals surface area contributed by atoms with Gasteiger partial charge in [0.1, 0.15) is 5.15 Å². The van der Waals surface area contributed by atoms with E-state index in [9.17, 15) is 4.79 Å². The van der Waals surface area contributed by atoms with Gasteiger partial charge in [-0.1, -0.05) is 17.7 Å². The minimum absolute atomic E-state index is 0.506. The van der Waals surface area contributed by atoms with Crippen LogP contribution in [0.2, 0.25) is 5.15 Å². The zero-order valence-corrected chi connectivity index (χ0v) is 9.91. The van der Waals surface area contributed by atoms with Gasteiger partial charge in [-0.15, -0.1) is 0 Å². The fraction of sp³-hybridized carbons (Fsp3) is 0.500. The van der Waals surface area contributed by atoms with E-state index >= 15 is 0 Å². The predicted octanol–water partition coefficient (Wildman–Crippen LogP) is 2.71. The van der Waals surface area contributed by atoms with Crippen molar-refractivity contribution < 1.29 is 9.53 Å². The van der Waals surface area contributed by atoms with Crippen LogP contribution in [0.1, 0.15) is 30.0 Å². The first kappa shape index (κ1) is 11.4. The molecule has 16 heavy (non-hydrogen) atoms. The SMILES string of the molecule is Cc1nc(Cl)ccc1C1CC1CCOC=O. The molecule has 0 amide bonds. The van der Waals surface area contributed by atoms with E-state index in [1.165, 1.54) is 5.56 Å². The lowest BCUT2D eigenvalue weighted by Gasteiger charge is -2.04. The molecule has 86 valence electrons. The van der Waals surface area contributed by atoms with Crippen molar-refractivity contribution in [3.05, 3.63) is 28.5 Å². The maximum absolute atomic E-state index is 10.0. The molecular formula is C12H14ClNO2. The third-order valence-electron chi connectivity index (χ3n) is 3.09. The Morgan fingerprint density at radius 3 is 3.12 bits per heavy atom. The molecule has 0 radical (unpaired) electrons. The van der Waals surface area contributed by atoms with Crippen molar-refractivity contribution >= 4 is 18.1 Å². The zero-order chi connectivity index (χ0) is 11.5. The van der Waals surface area contributed by atoms with Crippen LogP contribution >= 0.6 is 11.6 Å². The number of carbonyl (C=O) groups excluding carboxylic acids is 1. The summed E-state index contributed by atoms with van der Waals surface area (Å²) < 4.78 is 4.70. The van der Waals surface area contributed by atoms with E-state index in [1.807, 2.05) is 13.0 Å². The van der Waals surface area contributed by atoms with E-state index < -0.39 is 0 Å². The number of hydrogen-bond acceptors (Lipinski definition) is 3. The molecule has 2 atom stereocenters. The van der Waals surface area contributed by atoms with Gasteiger partial charge in [0.2, 0.25) is 0 Å². The van der Waals surface area contributed by atoms with Crippen molar-refractivity contribution in [3.8, 4) is 0 Å². The quantitative estimate of drug-likeness (QED) is 0.451. The summed E-state index contributed by atoms with van der Waals surface area (Å²) in [7, 11) is 0. The first-order valence-corrected chi connectivity index (χ1v) is 5.78. The fourth-order valence-corrected chi connectivity index (χ4v) is 2.34. The molecule has 0 aromatic carbocycles. The molecule has 1 aromatic heterocycles. The van der Waals surface area contributed by atoms with Gasteiger partial charge in [0.05, 0.1) is 6.61 Å². The van der Waals surface area contributed by atoms with Crippen LogP contribution in [0.5, 0.6) is 0 Å². The summed E-state index contributed by atoms with van der Waals surface area (Å²) in [6.07, 6.45) is 2.10. The highest BCUT2D eigenvalue weighted by molar-refractivity contribution is 6.29. The van der Waals surface area contributed by atoms with Gasteiger partial charge < -0.3 is 4.74 Å². The van der Waals surface area contributed by atoms with E-state index in [0.717, 1.165) is 18.5 Å². The first-order chi connectivity index (χ1) is 7.72. The maximum Gasteiger partial charge on any atom is 0.293 e. The third-order valence-corrected chi connectivity index (χ3v) is 3.30. The molecule has 1 fully saturated rings. The Morgan fingerprint density at radius 1 is 1.62 bits per heavy atom. The fourth-order valence-electron chi connectivity index (χ4n) is 2.15. The summed E-state index contributed by atoms with van der Waals surface area (Å²) in [6, 6.07) is 3.89. The largest absolute Gasteiger partial charge is 0.468 e. The summed E-state index contributed by atoms with van der Waals surface area (Å²) in [6.45, 7) is 3.01. The van der Waals surface area contributed by atoms with Crippen LogP contribution in [-0.2, 0) is 9.53 Å². The summed E-state index contributed by atoms with van der Waals surface area (Å²) >= 11 is 5.81. The molecule has 0 spiro atoms. The molecule has 2 rings (SSSR count). The summed E-state index contributed by atoms with van der Waals surface area (Å²) in [4.78, 5) is 14.2. The molecule has 1 saturated carbocycles. The molecule has 2 unspecified atom stereocenters. The van der Waals surface area contributed by atoms with Crippen molar-refractivity contribution in [1.29, 1.82) is 0 Å². The molecule has 1 aromatic rings. The molecule has 0 aliphatic heterocycles. The number of rotatable bonds is 5. The normalized spacial score (nSPS) is 22.9. The Morgan fingerprint density at radius 2 is 2.44 bits per heavy atom. The number of nitrogens with zero attached hydrogens (tertiary/aromatic N) is 1. The van der Waals surface area contributed by atoms with E-state index in [-0.39, 0.29) is 0 Å². The molecule has 1 heterocycles. The van der Waals surface area contributed by atoms with Crippen molar-refractivity contribution in [2.24, 2.45) is 5.92 Å². The molecule has 1 aliphatic carbocycles. The predicted molar refractivity (Wildman–Crippen MR) is 61.5 cm³/mol. The minimum Gasteiger partial charge on any atom is -0.468 e. The Hall–Kier alpha value is -1.09. The van der Waals surface area contributed by atoms with E-state index in [2.05, 4.69) is 11.1 Å². The molecule has 0 bridgehead atoms.